The van der Waals surface area contributed by atoms with Crippen LogP contribution in [0.25, 0.3) is 11.3 Å². The number of nitrogens with zero attached hydrogens (tertiary/aromatic N) is 2. The van der Waals surface area contributed by atoms with Crippen molar-refractivity contribution in [2.75, 3.05) is 0 Å². The van der Waals surface area contributed by atoms with E-state index in [9.17, 15) is 0 Å². The summed E-state index contributed by atoms with van der Waals surface area (Å²) in [7, 11) is 0. The van der Waals surface area contributed by atoms with E-state index in [0.717, 1.165) is 23.5 Å². The van der Waals surface area contributed by atoms with Crippen molar-refractivity contribution in [2.45, 2.75) is 27.2 Å². The maximum atomic E-state index is 6.01. The zero-order valence-electron chi connectivity index (χ0n) is 10.3. The molecular weight excluding hydrogens is 232 g/mol. The third-order valence-electron chi connectivity index (χ3n) is 2.72. The summed E-state index contributed by atoms with van der Waals surface area (Å²) in [6.07, 6.45) is 0.790. The van der Waals surface area contributed by atoms with Crippen LogP contribution in [0.3, 0.4) is 0 Å². The Morgan fingerprint density at radius 2 is 1.88 bits per heavy atom. The van der Waals surface area contributed by atoms with E-state index in [1.165, 1.54) is 11.1 Å². The molecule has 0 atom stereocenters. The summed E-state index contributed by atoms with van der Waals surface area (Å²) in [5, 5.41) is 0.506. The molecule has 0 saturated carbocycles. The molecule has 1 aromatic carbocycles. The Kier molecular flexibility index (Phi) is 3.43. The molecule has 17 heavy (non-hydrogen) atoms. The maximum Gasteiger partial charge on any atom is 0.133 e. The van der Waals surface area contributed by atoms with Gasteiger partial charge in [0.05, 0.1) is 5.69 Å². The first kappa shape index (κ1) is 12.1. The molecule has 3 heteroatoms. The van der Waals surface area contributed by atoms with Crippen LogP contribution in [0, 0.1) is 13.8 Å². The molecule has 0 unspecified atom stereocenters. The monoisotopic (exact) mass is 246 g/mol. The lowest BCUT2D eigenvalue weighted by atomic mass is 10.0. The average Bonchev–Trinajstić information content (AvgIpc) is 2.28. The second-order valence-corrected chi connectivity index (χ2v) is 4.55. The number of halogens is 1. The Balaban J connectivity index is 2.55. The highest BCUT2D eigenvalue weighted by Gasteiger charge is 2.07. The minimum absolute atomic E-state index is 0.506. The third kappa shape index (κ3) is 2.64. The van der Waals surface area contributed by atoms with Crippen molar-refractivity contribution in [3.63, 3.8) is 0 Å². The van der Waals surface area contributed by atoms with Gasteiger partial charge in [0.1, 0.15) is 11.0 Å². The van der Waals surface area contributed by atoms with Gasteiger partial charge >= 0.3 is 0 Å². The van der Waals surface area contributed by atoms with Crippen molar-refractivity contribution in [3.8, 4) is 11.3 Å². The summed E-state index contributed by atoms with van der Waals surface area (Å²) >= 11 is 6.01. The van der Waals surface area contributed by atoms with Gasteiger partial charge in [0.2, 0.25) is 0 Å². The second-order valence-electron chi connectivity index (χ2n) is 4.16. The first-order valence-corrected chi connectivity index (χ1v) is 6.09. The number of aromatic nitrogens is 2. The Morgan fingerprint density at radius 3 is 2.53 bits per heavy atom. The second kappa shape index (κ2) is 4.84. The lowest BCUT2D eigenvalue weighted by Crippen LogP contribution is -1.96. The van der Waals surface area contributed by atoms with Crippen LogP contribution in [-0.2, 0) is 6.42 Å². The molecule has 2 aromatic rings. The Bertz CT molecular complexity index is 550. The fourth-order valence-corrected chi connectivity index (χ4v) is 2.06. The molecule has 2 nitrogen and oxygen atoms in total. The van der Waals surface area contributed by atoms with Crippen molar-refractivity contribution in [3.05, 3.63) is 46.4 Å². The minimum atomic E-state index is 0.506. The summed E-state index contributed by atoms with van der Waals surface area (Å²) in [6, 6.07) is 8.14. The molecule has 1 heterocycles. The van der Waals surface area contributed by atoms with E-state index in [1.54, 1.807) is 0 Å². The van der Waals surface area contributed by atoms with Gasteiger partial charge in [0.15, 0.2) is 0 Å². The molecule has 88 valence electrons. The van der Waals surface area contributed by atoms with Crippen molar-refractivity contribution in [2.24, 2.45) is 0 Å². The van der Waals surface area contributed by atoms with Crippen molar-refractivity contribution >= 4 is 11.6 Å². The van der Waals surface area contributed by atoms with E-state index in [2.05, 4.69) is 42.0 Å². The first-order chi connectivity index (χ1) is 8.10. The molecule has 2 rings (SSSR count). The predicted octanol–water partition coefficient (Wildman–Crippen LogP) is 3.98. The van der Waals surface area contributed by atoms with Gasteiger partial charge in [-0.15, -0.1) is 0 Å². The van der Waals surface area contributed by atoms with Crippen molar-refractivity contribution in [1.29, 1.82) is 0 Å². The number of hydrogen-bond donors (Lipinski definition) is 0. The van der Waals surface area contributed by atoms with Crippen LogP contribution >= 0.6 is 11.6 Å². The smallest absolute Gasteiger partial charge is 0.133 e. The van der Waals surface area contributed by atoms with E-state index in [4.69, 9.17) is 11.6 Å². The summed E-state index contributed by atoms with van der Waals surface area (Å²) in [6.45, 7) is 6.20. The largest absolute Gasteiger partial charge is 0.233 e. The van der Waals surface area contributed by atoms with Gasteiger partial charge in [-0.25, -0.2) is 9.97 Å². The molecular formula is C14H15ClN2. The lowest BCUT2D eigenvalue weighted by molar-refractivity contribution is 0.943. The molecule has 0 spiro atoms. The molecule has 0 aliphatic rings. The maximum absolute atomic E-state index is 6.01. The fraction of sp³-hybridized carbons (Fsp3) is 0.286. The number of benzene rings is 1. The van der Waals surface area contributed by atoms with Gasteiger partial charge < -0.3 is 0 Å². The molecule has 0 aliphatic carbocycles. The van der Waals surface area contributed by atoms with Gasteiger partial charge in [0.25, 0.3) is 0 Å². The van der Waals surface area contributed by atoms with E-state index < -0.39 is 0 Å². The molecule has 0 N–H and O–H groups in total. The van der Waals surface area contributed by atoms with Crippen molar-refractivity contribution < 1.29 is 0 Å². The highest BCUT2D eigenvalue weighted by molar-refractivity contribution is 6.29. The van der Waals surface area contributed by atoms with E-state index in [0.29, 0.717) is 5.15 Å². The predicted molar refractivity (Wildman–Crippen MR) is 71.3 cm³/mol. The quantitative estimate of drug-likeness (QED) is 0.750. The third-order valence-corrected chi connectivity index (χ3v) is 2.91. The molecule has 0 aliphatic heterocycles. The highest BCUT2D eigenvalue weighted by Crippen LogP contribution is 2.24. The van der Waals surface area contributed by atoms with E-state index >= 15 is 0 Å². The molecule has 0 saturated heterocycles. The summed E-state index contributed by atoms with van der Waals surface area (Å²) < 4.78 is 0. The zero-order chi connectivity index (χ0) is 12.4. The summed E-state index contributed by atoms with van der Waals surface area (Å²) in [5.74, 6) is 0.785. The van der Waals surface area contributed by atoms with Crippen LogP contribution in [0.2, 0.25) is 5.15 Å². The number of hydrogen-bond acceptors (Lipinski definition) is 2. The van der Waals surface area contributed by atoms with Crippen LogP contribution in [0.4, 0.5) is 0 Å². The van der Waals surface area contributed by atoms with Crippen LogP contribution in [0.15, 0.2) is 24.3 Å². The molecule has 0 bridgehead atoms. The van der Waals surface area contributed by atoms with Crippen LogP contribution < -0.4 is 0 Å². The lowest BCUT2D eigenvalue weighted by Gasteiger charge is -2.08. The van der Waals surface area contributed by atoms with Gasteiger partial charge in [0, 0.05) is 18.1 Å². The van der Waals surface area contributed by atoms with Crippen LogP contribution in [0.5, 0.6) is 0 Å². The first-order valence-electron chi connectivity index (χ1n) is 5.71. The van der Waals surface area contributed by atoms with Crippen LogP contribution in [0.1, 0.15) is 23.9 Å². The summed E-state index contributed by atoms with van der Waals surface area (Å²) in [4.78, 5) is 8.70. The number of rotatable bonds is 2. The molecule has 0 fully saturated rings. The van der Waals surface area contributed by atoms with Crippen LogP contribution in [-0.4, -0.2) is 9.97 Å². The molecule has 1 aromatic heterocycles. The van der Waals surface area contributed by atoms with E-state index in [-0.39, 0.29) is 0 Å². The molecule has 0 amide bonds. The van der Waals surface area contributed by atoms with Gasteiger partial charge in [-0.2, -0.15) is 0 Å². The normalized spacial score (nSPS) is 10.6. The Morgan fingerprint density at radius 1 is 1.12 bits per heavy atom. The van der Waals surface area contributed by atoms with Gasteiger partial charge in [-0.3, -0.25) is 0 Å². The standard InChI is InChI=1S/C14H15ClN2/c1-4-14-16-12(8-13(15)17-14)11-6-5-9(2)7-10(11)3/h5-8H,4H2,1-3H3. The number of aryl methyl sites for hydroxylation is 3. The Labute approximate surface area is 107 Å². The Hall–Kier alpha value is -1.41. The minimum Gasteiger partial charge on any atom is -0.233 e. The van der Waals surface area contributed by atoms with Gasteiger partial charge in [-0.1, -0.05) is 42.3 Å². The van der Waals surface area contributed by atoms with Gasteiger partial charge in [-0.05, 0) is 19.4 Å². The van der Waals surface area contributed by atoms with Crippen molar-refractivity contribution in [1.82, 2.24) is 9.97 Å². The topological polar surface area (TPSA) is 25.8 Å². The average molecular weight is 247 g/mol. The van der Waals surface area contributed by atoms with E-state index in [1.807, 2.05) is 13.0 Å². The summed E-state index contributed by atoms with van der Waals surface area (Å²) in [5.41, 5.74) is 4.48. The zero-order valence-corrected chi connectivity index (χ0v) is 11.0. The highest BCUT2D eigenvalue weighted by atomic mass is 35.5. The fourth-order valence-electron chi connectivity index (χ4n) is 1.86. The SMILES string of the molecule is CCc1nc(Cl)cc(-c2ccc(C)cc2C)n1. The molecule has 0 radical (unpaired) electrons.